The zero-order valence-electron chi connectivity index (χ0n) is 17.0. The minimum absolute atomic E-state index is 0. The third-order valence-corrected chi connectivity index (χ3v) is 6.63. The number of halogens is 1. The van der Waals surface area contributed by atoms with Crippen LogP contribution in [0.1, 0.15) is 6.42 Å². The average molecular weight is 475 g/mol. The van der Waals surface area contributed by atoms with Gasteiger partial charge in [0, 0.05) is 30.4 Å². The number of hydrogen-bond donors (Lipinski definition) is 0. The number of carbonyl (C=O) groups excluding carboxylic acids is 1. The molecule has 2 aromatic carbocycles. The van der Waals surface area contributed by atoms with E-state index in [0.717, 1.165) is 33.8 Å². The number of benzene rings is 2. The summed E-state index contributed by atoms with van der Waals surface area (Å²) in [7, 11) is 1.64. The molecule has 2 heterocycles. The summed E-state index contributed by atoms with van der Waals surface area (Å²) in [5.41, 5.74) is 0.795. The number of methoxy groups -OCH3 is 1. The zero-order chi connectivity index (χ0) is 20.8. The van der Waals surface area contributed by atoms with E-state index >= 15 is 0 Å². The standard InChI is InChI=1S/C22H22N4O2S2.ClH/c1-28-18-9-5-10-19-21(18)24-22(30-19)26(13-6-12-25-14-11-23-16-25)20(27)15-29-17-7-3-2-4-8-17;/h2-5,7-11,14,16H,6,12-13,15H2,1H3;1H. The quantitative estimate of drug-likeness (QED) is 0.314. The van der Waals surface area contributed by atoms with Crippen LogP contribution in [0.2, 0.25) is 0 Å². The van der Waals surface area contributed by atoms with Gasteiger partial charge in [0.25, 0.3) is 0 Å². The van der Waals surface area contributed by atoms with Crippen LogP contribution in [-0.2, 0) is 11.3 Å². The van der Waals surface area contributed by atoms with E-state index in [0.29, 0.717) is 17.4 Å². The molecule has 0 atom stereocenters. The van der Waals surface area contributed by atoms with Crippen LogP contribution in [0.4, 0.5) is 5.13 Å². The molecule has 4 aromatic rings. The fraction of sp³-hybridized carbons (Fsp3) is 0.227. The lowest BCUT2D eigenvalue weighted by Gasteiger charge is -2.20. The van der Waals surface area contributed by atoms with Gasteiger partial charge in [0.2, 0.25) is 5.91 Å². The number of amides is 1. The van der Waals surface area contributed by atoms with E-state index in [2.05, 4.69) is 4.98 Å². The molecule has 0 spiro atoms. The lowest BCUT2D eigenvalue weighted by atomic mass is 10.3. The van der Waals surface area contributed by atoms with Gasteiger partial charge in [0.1, 0.15) is 11.3 Å². The first-order valence-electron chi connectivity index (χ1n) is 9.62. The Hall–Kier alpha value is -2.55. The van der Waals surface area contributed by atoms with Crippen LogP contribution < -0.4 is 9.64 Å². The Kier molecular flexibility index (Phi) is 8.34. The summed E-state index contributed by atoms with van der Waals surface area (Å²) in [6, 6.07) is 15.8. The SMILES string of the molecule is COc1cccc2sc(N(CCCn3ccnc3)C(=O)CSc3ccccc3)nc12.Cl. The Balaban J connectivity index is 0.00000272. The highest BCUT2D eigenvalue weighted by Gasteiger charge is 2.21. The predicted molar refractivity (Wildman–Crippen MR) is 130 cm³/mol. The Morgan fingerprint density at radius 2 is 2.03 bits per heavy atom. The van der Waals surface area contributed by atoms with Crippen molar-refractivity contribution in [2.75, 3.05) is 24.3 Å². The van der Waals surface area contributed by atoms with E-state index < -0.39 is 0 Å². The van der Waals surface area contributed by atoms with Gasteiger partial charge < -0.3 is 9.30 Å². The van der Waals surface area contributed by atoms with Crippen LogP contribution in [0.25, 0.3) is 10.2 Å². The van der Waals surface area contributed by atoms with Crippen LogP contribution in [0.3, 0.4) is 0 Å². The maximum atomic E-state index is 13.2. The second kappa shape index (κ2) is 11.2. The number of rotatable bonds is 9. The van der Waals surface area contributed by atoms with Crippen LogP contribution in [0.5, 0.6) is 5.75 Å². The number of anilines is 1. The van der Waals surface area contributed by atoms with Gasteiger partial charge in [0.05, 0.1) is 23.9 Å². The molecule has 0 bridgehead atoms. The normalized spacial score (nSPS) is 10.6. The van der Waals surface area contributed by atoms with Crippen molar-refractivity contribution >= 4 is 56.8 Å². The molecule has 0 aliphatic carbocycles. The minimum atomic E-state index is 0. The number of thiazole rings is 1. The molecule has 0 unspecified atom stereocenters. The summed E-state index contributed by atoms with van der Waals surface area (Å²) in [4.78, 5) is 24.9. The first-order chi connectivity index (χ1) is 14.7. The van der Waals surface area contributed by atoms with Gasteiger partial charge >= 0.3 is 0 Å². The number of aromatic nitrogens is 3. The van der Waals surface area contributed by atoms with Crippen LogP contribution in [0.15, 0.2) is 72.1 Å². The average Bonchev–Trinajstić information content (AvgIpc) is 3.45. The van der Waals surface area contributed by atoms with E-state index in [4.69, 9.17) is 9.72 Å². The molecule has 9 heteroatoms. The third-order valence-electron chi connectivity index (χ3n) is 4.59. The summed E-state index contributed by atoms with van der Waals surface area (Å²) >= 11 is 3.06. The van der Waals surface area contributed by atoms with Gasteiger partial charge in [-0.1, -0.05) is 35.6 Å². The number of ether oxygens (including phenoxy) is 1. The maximum Gasteiger partial charge on any atom is 0.239 e. The van der Waals surface area contributed by atoms with Crippen molar-refractivity contribution in [1.29, 1.82) is 0 Å². The molecule has 4 rings (SSSR count). The smallest absolute Gasteiger partial charge is 0.239 e. The topological polar surface area (TPSA) is 60.2 Å². The van der Waals surface area contributed by atoms with E-state index in [1.165, 1.54) is 11.3 Å². The van der Waals surface area contributed by atoms with E-state index in [1.807, 2.05) is 59.3 Å². The first-order valence-corrected chi connectivity index (χ1v) is 11.4. The highest BCUT2D eigenvalue weighted by atomic mass is 35.5. The number of hydrogen-bond acceptors (Lipinski definition) is 6. The second-order valence-corrected chi connectivity index (χ2v) is 8.66. The van der Waals surface area contributed by atoms with Crippen LogP contribution in [-0.4, -0.2) is 39.8 Å². The van der Waals surface area contributed by atoms with Crippen LogP contribution in [0, 0.1) is 0 Å². The molecule has 1 amide bonds. The molecule has 0 saturated heterocycles. The van der Waals surface area contributed by atoms with Crippen molar-refractivity contribution < 1.29 is 9.53 Å². The molecular formula is C22H23ClN4O2S2. The van der Waals surface area contributed by atoms with Gasteiger partial charge in [0.15, 0.2) is 5.13 Å². The molecule has 31 heavy (non-hydrogen) atoms. The summed E-state index contributed by atoms with van der Waals surface area (Å²) in [6.45, 7) is 1.39. The van der Waals surface area contributed by atoms with Crippen molar-refractivity contribution in [2.24, 2.45) is 0 Å². The van der Waals surface area contributed by atoms with Gasteiger partial charge in [-0.25, -0.2) is 9.97 Å². The number of para-hydroxylation sites is 1. The summed E-state index contributed by atoms with van der Waals surface area (Å²) < 4.78 is 8.47. The molecule has 0 saturated carbocycles. The highest BCUT2D eigenvalue weighted by Crippen LogP contribution is 2.34. The third kappa shape index (κ3) is 5.78. The predicted octanol–water partition coefficient (Wildman–Crippen LogP) is 5.14. The monoisotopic (exact) mass is 474 g/mol. The summed E-state index contributed by atoms with van der Waals surface area (Å²) in [5.74, 6) is 1.13. The Bertz CT molecular complexity index is 1100. The fourth-order valence-corrected chi connectivity index (χ4v) is 4.91. The minimum Gasteiger partial charge on any atom is -0.494 e. The van der Waals surface area contributed by atoms with Gasteiger partial charge in [-0.3, -0.25) is 9.69 Å². The zero-order valence-corrected chi connectivity index (χ0v) is 19.5. The van der Waals surface area contributed by atoms with E-state index in [1.54, 1.807) is 36.3 Å². The molecule has 0 aliphatic heterocycles. The number of thioether (sulfide) groups is 1. The first kappa shape index (κ1) is 23.1. The number of carbonyl (C=O) groups is 1. The molecule has 0 aliphatic rings. The Labute approximate surface area is 195 Å². The Morgan fingerprint density at radius 3 is 2.77 bits per heavy atom. The van der Waals surface area contributed by atoms with Gasteiger partial charge in [-0.15, -0.1) is 24.2 Å². The van der Waals surface area contributed by atoms with Crippen molar-refractivity contribution in [3.05, 3.63) is 67.3 Å². The molecule has 0 N–H and O–H groups in total. The number of imidazole rings is 1. The van der Waals surface area contributed by atoms with Gasteiger partial charge in [-0.2, -0.15) is 0 Å². The second-order valence-electron chi connectivity index (χ2n) is 6.60. The number of nitrogens with zero attached hydrogens (tertiary/aromatic N) is 4. The number of fused-ring (bicyclic) bond motifs is 1. The van der Waals surface area contributed by atoms with Crippen molar-refractivity contribution in [1.82, 2.24) is 14.5 Å². The molecule has 0 fully saturated rings. The van der Waals surface area contributed by atoms with Crippen molar-refractivity contribution in [3.63, 3.8) is 0 Å². The largest absolute Gasteiger partial charge is 0.494 e. The lowest BCUT2D eigenvalue weighted by Crippen LogP contribution is -2.33. The lowest BCUT2D eigenvalue weighted by molar-refractivity contribution is -0.116. The van der Waals surface area contributed by atoms with Crippen LogP contribution >= 0.6 is 35.5 Å². The highest BCUT2D eigenvalue weighted by molar-refractivity contribution is 8.00. The van der Waals surface area contributed by atoms with E-state index in [-0.39, 0.29) is 18.3 Å². The van der Waals surface area contributed by atoms with Crippen molar-refractivity contribution in [3.8, 4) is 5.75 Å². The molecule has 162 valence electrons. The van der Waals surface area contributed by atoms with Gasteiger partial charge in [-0.05, 0) is 30.7 Å². The molecule has 2 aromatic heterocycles. The van der Waals surface area contributed by atoms with E-state index in [9.17, 15) is 4.79 Å². The summed E-state index contributed by atoms with van der Waals surface area (Å²) in [6.07, 6.45) is 6.30. The number of aryl methyl sites for hydroxylation is 1. The molecular weight excluding hydrogens is 452 g/mol. The van der Waals surface area contributed by atoms with Crippen molar-refractivity contribution in [2.45, 2.75) is 17.9 Å². The maximum absolute atomic E-state index is 13.2. The Morgan fingerprint density at radius 1 is 1.19 bits per heavy atom. The molecule has 6 nitrogen and oxygen atoms in total. The summed E-state index contributed by atoms with van der Waals surface area (Å²) in [5, 5.41) is 0.707. The molecule has 0 radical (unpaired) electrons. The fourth-order valence-electron chi connectivity index (χ4n) is 3.09.